The molecule has 0 atom stereocenters. The zero-order chi connectivity index (χ0) is 13.9. The van der Waals surface area contributed by atoms with Gasteiger partial charge >= 0.3 is 0 Å². The maximum absolute atomic E-state index is 3.40. The van der Waals surface area contributed by atoms with Crippen molar-refractivity contribution in [2.45, 2.75) is 18.3 Å². The fraction of sp³-hybridized carbons (Fsp3) is 0.625. The molecule has 0 unspecified atom stereocenters. The smallest absolute Gasteiger partial charge is 0.0361 e. The van der Waals surface area contributed by atoms with E-state index in [2.05, 4.69) is 67.6 Å². The van der Waals surface area contributed by atoms with E-state index in [9.17, 15) is 0 Å². The second-order valence-electron chi connectivity index (χ2n) is 6.06. The van der Waals surface area contributed by atoms with Crippen LogP contribution in [0, 0.1) is 0 Å². The lowest BCUT2D eigenvalue weighted by Gasteiger charge is -2.41. The van der Waals surface area contributed by atoms with Gasteiger partial charge in [0.25, 0.3) is 0 Å². The number of nitrogens with zero attached hydrogens (tertiary/aromatic N) is 2. The van der Waals surface area contributed by atoms with Gasteiger partial charge in [-0.1, -0.05) is 12.1 Å². The molecule has 0 aliphatic carbocycles. The molecule has 3 heteroatoms. The molecule has 1 aliphatic heterocycles. The Kier molecular flexibility index (Phi) is 4.48. The third-order valence-electron chi connectivity index (χ3n) is 4.46. The van der Waals surface area contributed by atoms with Crippen molar-refractivity contribution in [3.63, 3.8) is 0 Å². The van der Waals surface area contributed by atoms with Gasteiger partial charge in [0.05, 0.1) is 0 Å². The number of anilines is 1. The average Bonchev–Trinajstić information content (AvgIpc) is 2.42. The number of likely N-dealkylation sites (tertiary alicyclic amines) is 1. The van der Waals surface area contributed by atoms with Crippen LogP contribution in [0.4, 0.5) is 5.69 Å². The van der Waals surface area contributed by atoms with E-state index in [1.807, 2.05) is 0 Å². The normalized spacial score (nSPS) is 19.4. The number of piperidine rings is 1. The molecule has 1 saturated heterocycles. The summed E-state index contributed by atoms with van der Waals surface area (Å²) in [6.45, 7) is 3.45. The second-order valence-corrected chi connectivity index (χ2v) is 6.06. The first-order chi connectivity index (χ1) is 9.07. The summed E-state index contributed by atoms with van der Waals surface area (Å²) in [6, 6.07) is 9.12. The molecule has 3 nitrogen and oxygen atoms in total. The van der Waals surface area contributed by atoms with Crippen molar-refractivity contribution in [1.29, 1.82) is 0 Å². The van der Waals surface area contributed by atoms with Crippen molar-refractivity contribution in [3.05, 3.63) is 29.8 Å². The highest BCUT2D eigenvalue weighted by Crippen LogP contribution is 2.35. The molecule has 2 rings (SSSR count). The average molecular weight is 261 g/mol. The molecule has 1 aromatic carbocycles. The predicted octanol–water partition coefficient (Wildman–Crippen LogP) is 1.94. The van der Waals surface area contributed by atoms with Crippen molar-refractivity contribution >= 4 is 5.69 Å². The summed E-state index contributed by atoms with van der Waals surface area (Å²) in [4.78, 5) is 4.59. The van der Waals surface area contributed by atoms with Gasteiger partial charge in [-0.25, -0.2) is 0 Å². The van der Waals surface area contributed by atoms with Crippen LogP contribution >= 0.6 is 0 Å². The van der Waals surface area contributed by atoms with Crippen molar-refractivity contribution in [3.8, 4) is 0 Å². The van der Waals surface area contributed by atoms with Crippen LogP contribution in [-0.2, 0) is 5.41 Å². The molecule has 1 fully saturated rings. The Morgan fingerprint density at radius 3 is 2.21 bits per heavy atom. The molecule has 1 aliphatic rings. The molecule has 1 N–H and O–H groups in total. The van der Waals surface area contributed by atoms with Gasteiger partial charge in [0, 0.05) is 31.7 Å². The highest BCUT2D eigenvalue weighted by molar-refractivity contribution is 5.47. The van der Waals surface area contributed by atoms with E-state index in [-0.39, 0.29) is 0 Å². The Morgan fingerprint density at radius 2 is 1.74 bits per heavy atom. The van der Waals surface area contributed by atoms with Gasteiger partial charge in [-0.3, -0.25) is 0 Å². The molecule has 0 bridgehead atoms. The molecule has 0 radical (unpaired) electrons. The lowest BCUT2D eigenvalue weighted by atomic mass is 9.72. The molecule has 0 spiro atoms. The Labute approximate surface area is 117 Å². The van der Waals surface area contributed by atoms with E-state index in [4.69, 9.17) is 0 Å². The monoisotopic (exact) mass is 261 g/mol. The first-order valence-corrected chi connectivity index (χ1v) is 7.18. The summed E-state index contributed by atoms with van der Waals surface area (Å²) in [5.41, 5.74) is 3.07. The zero-order valence-corrected chi connectivity index (χ0v) is 12.7. The molecular formula is C16H27N3. The minimum absolute atomic E-state index is 0.312. The molecule has 106 valence electrons. The van der Waals surface area contributed by atoms with Gasteiger partial charge in [0.15, 0.2) is 0 Å². The molecule has 0 saturated carbocycles. The first kappa shape index (κ1) is 14.4. The summed E-state index contributed by atoms with van der Waals surface area (Å²) in [5, 5.41) is 3.40. The molecule has 19 heavy (non-hydrogen) atoms. The largest absolute Gasteiger partial charge is 0.378 e. The third-order valence-corrected chi connectivity index (χ3v) is 4.46. The van der Waals surface area contributed by atoms with Crippen molar-refractivity contribution in [1.82, 2.24) is 10.2 Å². The number of benzene rings is 1. The SMILES string of the molecule is CNCC1(c2ccc(N(C)C)cc2)CCN(C)CC1. The van der Waals surface area contributed by atoms with Crippen LogP contribution in [-0.4, -0.2) is 52.7 Å². The second kappa shape index (κ2) is 5.93. The minimum atomic E-state index is 0.312. The van der Waals surface area contributed by atoms with Gasteiger partial charge in [-0.2, -0.15) is 0 Å². The summed E-state index contributed by atoms with van der Waals surface area (Å²) in [6.07, 6.45) is 2.48. The van der Waals surface area contributed by atoms with Gasteiger partial charge < -0.3 is 15.1 Å². The number of rotatable bonds is 4. The maximum Gasteiger partial charge on any atom is 0.0361 e. The first-order valence-electron chi connectivity index (χ1n) is 7.18. The number of hydrogen-bond acceptors (Lipinski definition) is 3. The fourth-order valence-electron chi connectivity index (χ4n) is 3.07. The fourth-order valence-corrected chi connectivity index (χ4v) is 3.07. The van der Waals surface area contributed by atoms with E-state index >= 15 is 0 Å². The molecule has 0 amide bonds. The summed E-state index contributed by atoms with van der Waals surface area (Å²) >= 11 is 0. The molecule has 1 aromatic rings. The number of likely N-dealkylation sites (N-methyl/N-ethyl adjacent to an activating group) is 1. The van der Waals surface area contributed by atoms with E-state index in [1.54, 1.807) is 0 Å². The quantitative estimate of drug-likeness (QED) is 0.893. The van der Waals surface area contributed by atoms with E-state index < -0.39 is 0 Å². The molecule has 0 aromatic heterocycles. The van der Waals surface area contributed by atoms with Gasteiger partial charge in [0.1, 0.15) is 0 Å². The molecular weight excluding hydrogens is 234 g/mol. The van der Waals surface area contributed by atoms with Gasteiger partial charge in [-0.15, -0.1) is 0 Å². The Bertz CT molecular complexity index is 389. The van der Waals surface area contributed by atoms with E-state index in [1.165, 1.54) is 37.2 Å². The zero-order valence-electron chi connectivity index (χ0n) is 12.7. The van der Waals surface area contributed by atoms with Crippen LogP contribution in [0.3, 0.4) is 0 Å². The number of nitrogens with one attached hydrogen (secondary N) is 1. The van der Waals surface area contributed by atoms with Crippen LogP contribution in [0.25, 0.3) is 0 Å². The third kappa shape index (κ3) is 3.10. The van der Waals surface area contributed by atoms with Crippen LogP contribution in [0.2, 0.25) is 0 Å². The van der Waals surface area contributed by atoms with Crippen LogP contribution in [0.1, 0.15) is 18.4 Å². The molecule has 1 heterocycles. The summed E-state index contributed by atoms with van der Waals surface area (Å²) in [7, 11) is 8.47. The Morgan fingerprint density at radius 1 is 1.16 bits per heavy atom. The maximum atomic E-state index is 3.40. The van der Waals surface area contributed by atoms with E-state index in [0.717, 1.165) is 6.54 Å². The van der Waals surface area contributed by atoms with Crippen molar-refractivity contribution in [2.24, 2.45) is 0 Å². The standard InChI is InChI=1S/C16H27N3/c1-17-13-16(9-11-19(4)12-10-16)14-5-7-15(8-6-14)18(2)3/h5-8,17H,9-13H2,1-4H3. The van der Waals surface area contributed by atoms with Crippen molar-refractivity contribution in [2.75, 3.05) is 52.7 Å². The van der Waals surface area contributed by atoms with Crippen LogP contribution in [0.5, 0.6) is 0 Å². The van der Waals surface area contributed by atoms with Gasteiger partial charge in [-0.05, 0) is 57.7 Å². The highest BCUT2D eigenvalue weighted by atomic mass is 15.1. The number of hydrogen-bond donors (Lipinski definition) is 1. The van der Waals surface area contributed by atoms with E-state index in [0.29, 0.717) is 5.41 Å². The Balaban J connectivity index is 2.23. The summed E-state index contributed by atoms with van der Waals surface area (Å²) < 4.78 is 0. The summed E-state index contributed by atoms with van der Waals surface area (Å²) in [5.74, 6) is 0. The highest BCUT2D eigenvalue weighted by Gasteiger charge is 2.34. The van der Waals surface area contributed by atoms with Gasteiger partial charge in [0.2, 0.25) is 0 Å². The lowest BCUT2D eigenvalue weighted by Crippen LogP contribution is -2.46. The van der Waals surface area contributed by atoms with Crippen molar-refractivity contribution < 1.29 is 0 Å². The predicted molar refractivity (Wildman–Crippen MR) is 83.1 cm³/mol. The Hall–Kier alpha value is -1.06. The lowest BCUT2D eigenvalue weighted by molar-refractivity contribution is 0.185. The minimum Gasteiger partial charge on any atom is -0.378 e. The van der Waals surface area contributed by atoms with Crippen LogP contribution in [0.15, 0.2) is 24.3 Å². The topological polar surface area (TPSA) is 18.5 Å². The van der Waals surface area contributed by atoms with Crippen LogP contribution < -0.4 is 10.2 Å².